The van der Waals surface area contributed by atoms with Crippen LogP contribution in [0.15, 0.2) is 5.16 Å². The van der Waals surface area contributed by atoms with Crippen molar-refractivity contribution in [3.63, 3.8) is 0 Å². The molecule has 0 fully saturated rings. The van der Waals surface area contributed by atoms with Crippen molar-refractivity contribution in [2.75, 3.05) is 18.8 Å². The summed E-state index contributed by atoms with van der Waals surface area (Å²) in [5, 5.41) is 16.2. The fourth-order valence-electron chi connectivity index (χ4n) is 1.53. The lowest BCUT2D eigenvalue weighted by atomic mass is 10.2. The van der Waals surface area contributed by atoms with Gasteiger partial charge >= 0.3 is 0 Å². The lowest BCUT2D eigenvalue weighted by molar-refractivity contribution is 0.482. The van der Waals surface area contributed by atoms with E-state index >= 15 is 0 Å². The fourth-order valence-corrected chi connectivity index (χ4v) is 2.43. The summed E-state index contributed by atoms with van der Waals surface area (Å²) in [6.45, 7) is 9.44. The maximum Gasteiger partial charge on any atom is 0.209 e. The molecule has 18 heavy (non-hydrogen) atoms. The molecular formula is C12H25N5S. The van der Waals surface area contributed by atoms with Gasteiger partial charge in [0.25, 0.3) is 0 Å². The largest absolute Gasteiger partial charge is 0.315 e. The van der Waals surface area contributed by atoms with Crippen LogP contribution in [0.4, 0.5) is 0 Å². The number of nitrogens with zero attached hydrogens (tertiary/aromatic N) is 4. The Balaban J connectivity index is 2.22. The molecule has 1 aromatic heterocycles. The first kappa shape index (κ1) is 15.4. The van der Waals surface area contributed by atoms with Crippen molar-refractivity contribution < 1.29 is 0 Å². The number of rotatable bonds is 10. The SMILES string of the molecule is CCCCCSc1nnnn1CCNCC(C)C. The standard InChI is InChI=1S/C12H25N5S/c1-4-5-6-9-18-12-14-15-16-17(12)8-7-13-10-11(2)3/h11,13H,4-10H2,1-3H3. The van der Waals surface area contributed by atoms with E-state index in [1.54, 1.807) is 11.8 Å². The van der Waals surface area contributed by atoms with Gasteiger partial charge in [-0.3, -0.25) is 0 Å². The van der Waals surface area contributed by atoms with Crippen molar-refractivity contribution in [1.82, 2.24) is 25.5 Å². The summed E-state index contributed by atoms with van der Waals surface area (Å²) in [5.74, 6) is 1.79. The van der Waals surface area contributed by atoms with Gasteiger partial charge in [-0.25, -0.2) is 4.68 Å². The maximum absolute atomic E-state index is 4.06. The normalized spacial score (nSPS) is 11.3. The van der Waals surface area contributed by atoms with Gasteiger partial charge in [0.05, 0.1) is 6.54 Å². The minimum Gasteiger partial charge on any atom is -0.315 e. The Hall–Kier alpha value is -0.620. The molecule has 0 radical (unpaired) electrons. The highest BCUT2D eigenvalue weighted by molar-refractivity contribution is 7.99. The predicted molar refractivity (Wildman–Crippen MR) is 75.8 cm³/mol. The van der Waals surface area contributed by atoms with E-state index < -0.39 is 0 Å². The van der Waals surface area contributed by atoms with Crippen LogP contribution in [0, 0.1) is 5.92 Å². The third kappa shape index (κ3) is 6.35. The molecule has 0 amide bonds. The maximum atomic E-state index is 4.06. The molecule has 6 heteroatoms. The molecule has 5 nitrogen and oxygen atoms in total. The van der Waals surface area contributed by atoms with Crippen LogP contribution in [0.3, 0.4) is 0 Å². The molecule has 0 atom stereocenters. The second-order valence-corrected chi connectivity index (χ2v) is 5.90. The van der Waals surface area contributed by atoms with E-state index in [1.807, 2.05) is 4.68 Å². The smallest absolute Gasteiger partial charge is 0.209 e. The number of hydrogen-bond acceptors (Lipinski definition) is 5. The van der Waals surface area contributed by atoms with Crippen LogP contribution in [-0.2, 0) is 6.54 Å². The van der Waals surface area contributed by atoms with E-state index in [0.29, 0.717) is 5.92 Å². The summed E-state index contributed by atoms with van der Waals surface area (Å²) in [4.78, 5) is 0. The van der Waals surface area contributed by atoms with E-state index in [0.717, 1.165) is 30.5 Å². The molecule has 1 aromatic rings. The molecule has 1 heterocycles. The highest BCUT2D eigenvalue weighted by atomic mass is 32.2. The molecule has 0 aromatic carbocycles. The number of nitrogens with one attached hydrogen (secondary N) is 1. The quantitative estimate of drug-likeness (QED) is 0.522. The Labute approximate surface area is 114 Å². The average Bonchev–Trinajstić information content (AvgIpc) is 2.78. The Bertz CT molecular complexity index is 313. The summed E-state index contributed by atoms with van der Waals surface area (Å²) < 4.78 is 1.89. The molecule has 0 bridgehead atoms. The van der Waals surface area contributed by atoms with E-state index in [2.05, 4.69) is 41.6 Å². The van der Waals surface area contributed by atoms with Crippen molar-refractivity contribution >= 4 is 11.8 Å². The second kappa shape index (κ2) is 9.33. The van der Waals surface area contributed by atoms with Gasteiger partial charge in [0, 0.05) is 12.3 Å². The van der Waals surface area contributed by atoms with Crippen molar-refractivity contribution in [2.24, 2.45) is 5.92 Å². The number of tetrazole rings is 1. The van der Waals surface area contributed by atoms with Gasteiger partial charge in [0.1, 0.15) is 0 Å². The lowest BCUT2D eigenvalue weighted by Crippen LogP contribution is -2.24. The van der Waals surface area contributed by atoms with E-state index in [9.17, 15) is 0 Å². The zero-order chi connectivity index (χ0) is 13.2. The van der Waals surface area contributed by atoms with E-state index in [4.69, 9.17) is 0 Å². The Kier molecular flexibility index (Phi) is 8.00. The topological polar surface area (TPSA) is 55.6 Å². The minimum atomic E-state index is 0.682. The summed E-state index contributed by atoms with van der Waals surface area (Å²) in [5.41, 5.74) is 0. The highest BCUT2D eigenvalue weighted by Crippen LogP contribution is 2.15. The third-order valence-corrected chi connectivity index (χ3v) is 3.57. The van der Waals surface area contributed by atoms with E-state index in [-0.39, 0.29) is 0 Å². The van der Waals surface area contributed by atoms with Crippen molar-refractivity contribution in [3.05, 3.63) is 0 Å². The van der Waals surface area contributed by atoms with Gasteiger partial charge in [0.15, 0.2) is 0 Å². The molecular weight excluding hydrogens is 246 g/mol. The predicted octanol–water partition coefficient (Wildman–Crippen LogP) is 2.20. The number of hydrogen-bond donors (Lipinski definition) is 1. The van der Waals surface area contributed by atoms with Crippen molar-refractivity contribution in [3.8, 4) is 0 Å². The van der Waals surface area contributed by atoms with Gasteiger partial charge in [-0.1, -0.05) is 45.4 Å². The van der Waals surface area contributed by atoms with Crippen LogP contribution >= 0.6 is 11.8 Å². The van der Waals surface area contributed by atoms with Gasteiger partial charge in [0.2, 0.25) is 5.16 Å². The summed E-state index contributed by atoms with van der Waals surface area (Å²) in [6.07, 6.45) is 3.77. The summed E-state index contributed by atoms with van der Waals surface area (Å²) >= 11 is 1.76. The zero-order valence-electron chi connectivity index (χ0n) is 11.7. The zero-order valence-corrected chi connectivity index (χ0v) is 12.5. The first-order valence-corrected chi connectivity index (χ1v) is 7.82. The minimum absolute atomic E-state index is 0.682. The molecule has 0 saturated heterocycles. The molecule has 0 saturated carbocycles. The van der Waals surface area contributed by atoms with Crippen molar-refractivity contribution in [2.45, 2.75) is 51.7 Å². The Morgan fingerprint density at radius 2 is 2.17 bits per heavy atom. The number of thioether (sulfide) groups is 1. The molecule has 0 aliphatic heterocycles. The molecule has 0 aliphatic carbocycles. The molecule has 1 rings (SSSR count). The van der Waals surface area contributed by atoms with Crippen LogP contribution in [0.1, 0.15) is 40.0 Å². The van der Waals surface area contributed by atoms with Gasteiger partial charge in [-0.05, 0) is 29.3 Å². The fraction of sp³-hybridized carbons (Fsp3) is 0.917. The molecule has 0 aliphatic rings. The second-order valence-electron chi connectivity index (χ2n) is 4.84. The van der Waals surface area contributed by atoms with Crippen LogP contribution in [0.2, 0.25) is 0 Å². The highest BCUT2D eigenvalue weighted by Gasteiger charge is 2.05. The van der Waals surface area contributed by atoms with Crippen LogP contribution in [0.5, 0.6) is 0 Å². The van der Waals surface area contributed by atoms with Gasteiger partial charge in [-0.15, -0.1) is 5.10 Å². The summed E-state index contributed by atoms with van der Waals surface area (Å²) in [6, 6.07) is 0. The molecule has 0 unspecified atom stereocenters. The average molecular weight is 271 g/mol. The molecule has 104 valence electrons. The Morgan fingerprint density at radius 1 is 1.33 bits per heavy atom. The first-order chi connectivity index (χ1) is 8.74. The first-order valence-electron chi connectivity index (χ1n) is 6.83. The van der Waals surface area contributed by atoms with Crippen molar-refractivity contribution in [1.29, 1.82) is 0 Å². The number of aromatic nitrogens is 4. The van der Waals surface area contributed by atoms with Crippen LogP contribution < -0.4 is 5.32 Å². The molecule has 1 N–H and O–H groups in total. The summed E-state index contributed by atoms with van der Waals surface area (Å²) in [7, 11) is 0. The third-order valence-electron chi connectivity index (χ3n) is 2.53. The molecule has 0 spiro atoms. The van der Waals surface area contributed by atoms with Crippen LogP contribution in [0.25, 0.3) is 0 Å². The van der Waals surface area contributed by atoms with Gasteiger partial charge in [-0.2, -0.15) is 0 Å². The van der Waals surface area contributed by atoms with E-state index in [1.165, 1.54) is 19.3 Å². The number of unbranched alkanes of at least 4 members (excludes halogenated alkanes) is 2. The monoisotopic (exact) mass is 271 g/mol. The van der Waals surface area contributed by atoms with Gasteiger partial charge < -0.3 is 5.32 Å². The Morgan fingerprint density at radius 3 is 2.89 bits per heavy atom. The lowest BCUT2D eigenvalue weighted by Gasteiger charge is -2.07. The van der Waals surface area contributed by atoms with Crippen LogP contribution in [-0.4, -0.2) is 39.0 Å².